The van der Waals surface area contributed by atoms with Crippen LogP contribution in [0, 0.1) is 5.92 Å². The SMILES string of the molecule is CC(=O)O[C@H](C(=O)C=CC(=O)CCCCO)[C@H](C)C(=O)N1C(=O)O[C@H](c2ccccc2)[C@@H]1C. The molecule has 0 aliphatic carbocycles. The molecular weight excluding hydrogens is 430 g/mol. The Morgan fingerprint density at radius 1 is 1.15 bits per heavy atom. The number of allylic oxidation sites excluding steroid dienone is 1. The number of nitrogens with zero attached hydrogens (tertiary/aromatic N) is 1. The van der Waals surface area contributed by atoms with Crippen molar-refractivity contribution in [1.29, 1.82) is 0 Å². The van der Waals surface area contributed by atoms with Crippen LogP contribution < -0.4 is 0 Å². The Morgan fingerprint density at radius 2 is 1.82 bits per heavy atom. The number of carbonyl (C=O) groups is 5. The van der Waals surface area contributed by atoms with E-state index in [4.69, 9.17) is 14.6 Å². The Morgan fingerprint density at radius 3 is 2.42 bits per heavy atom. The second kappa shape index (κ2) is 12.1. The summed E-state index contributed by atoms with van der Waals surface area (Å²) in [6.07, 6.45) is 0.0765. The summed E-state index contributed by atoms with van der Waals surface area (Å²) >= 11 is 0. The first-order valence-corrected chi connectivity index (χ1v) is 10.8. The maximum atomic E-state index is 13.1. The molecule has 4 atom stereocenters. The predicted octanol–water partition coefficient (Wildman–Crippen LogP) is 2.52. The first-order valence-electron chi connectivity index (χ1n) is 10.8. The number of rotatable bonds is 11. The van der Waals surface area contributed by atoms with Crippen molar-refractivity contribution in [3.8, 4) is 0 Å². The molecule has 0 bridgehead atoms. The van der Waals surface area contributed by atoms with E-state index in [-0.39, 0.29) is 18.8 Å². The Labute approximate surface area is 192 Å². The van der Waals surface area contributed by atoms with E-state index >= 15 is 0 Å². The molecule has 1 aromatic carbocycles. The van der Waals surface area contributed by atoms with Crippen molar-refractivity contribution in [2.75, 3.05) is 6.61 Å². The lowest BCUT2D eigenvalue weighted by Gasteiger charge is -2.26. The van der Waals surface area contributed by atoms with Crippen molar-refractivity contribution in [2.24, 2.45) is 5.92 Å². The van der Waals surface area contributed by atoms with Gasteiger partial charge in [0.05, 0.1) is 12.0 Å². The molecule has 1 heterocycles. The Hall–Kier alpha value is -3.33. The zero-order chi connectivity index (χ0) is 24.5. The third-order valence-corrected chi connectivity index (χ3v) is 5.32. The zero-order valence-corrected chi connectivity index (χ0v) is 18.9. The molecule has 2 amide bonds. The minimum Gasteiger partial charge on any atom is -0.453 e. The number of aliphatic hydroxyl groups excluding tert-OH is 1. The molecule has 0 unspecified atom stereocenters. The number of benzene rings is 1. The predicted molar refractivity (Wildman–Crippen MR) is 117 cm³/mol. The summed E-state index contributed by atoms with van der Waals surface area (Å²) in [6, 6.07) is 8.30. The summed E-state index contributed by atoms with van der Waals surface area (Å²) in [6.45, 7) is 4.09. The van der Waals surface area contributed by atoms with Gasteiger partial charge in [0.15, 0.2) is 17.7 Å². The molecule has 0 spiro atoms. The smallest absolute Gasteiger partial charge is 0.417 e. The van der Waals surface area contributed by atoms with Gasteiger partial charge < -0.3 is 14.6 Å². The van der Waals surface area contributed by atoms with Crippen molar-refractivity contribution in [3.05, 3.63) is 48.0 Å². The summed E-state index contributed by atoms with van der Waals surface area (Å²) in [5.41, 5.74) is 0.719. The van der Waals surface area contributed by atoms with Gasteiger partial charge in [-0.15, -0.1) is 0 Å². The lowest BCUT2D eigenvalue weighted by atomic mass is 9.96. The summed E-state index contributed by atoms with van der Waals surface area (Å²) in [7, 11) is 0. The average Bonchev–Trinajstić information content (AvgIpc) is 3.09. The van der Waals surface area contributed by atoms with Crippen LogP contribution in [-0.2, 0) is 28.7 Å². The molecule has 33 heavy (non-hydrogen) atoms. The number of cyclic esters (lactones) is 1. The topological polar surface area (TPSA) is 127 Å². The number of ketones is 2. The van der Waals surface area contributed by atoms with Crippen LogP contribution in [-0.4, -0.2) is 58.3 Å². The Kier molecular flexibility index (Phi) is 9.47. The molecule has 9 heteroatoms. The Balaban J connectivity index is 2.15. The van der Waals surface area contributed by atoms with Gasteiger partial charge in [-0.1, -0.05) is 30.3 Å². The Bertz CT molecular complexity index is 910. The van der Waals surface area contributed by atoms with Gasteiger partial charge in [-0.2, -0.15) is 0 Å². The van der Waals surface area contributed by atoms with Gasteiger partial charge in [0.25, 0.3) is 0 Å². The largest absolute Gasteiger partial charge is 0.453 e. The van der Waals surface area contributed by atoms with E-state index in [9.17, 15) is 24.0 Å². The lowest BCUT2D eigenvalue weighted by molar-refractivity contribution is -0.158. The number of carbonyl (C=O) groups excluding carboxylic acids is 5. The zero-order valence-electron chi connectivity index (χ0n) is 18.9. The van der Waals surface area contributed by atoms with Crippen molar-refractivity contribution in [1.82, 2.24) is 4.90 Å². The highest BCUT2D eigenvalue weighted by atomic mass is 16.6. The van der Waals surface area contributed by atoms with Gasteiger partial charge in [0, 0.05) is 20.0 Å². The summed E-state index contributed by atoms with van der Waals surface area (Å²) in [5, 5.41) is 8.77. The van der Waals surface area contributed by atoms with E-state index in [1.54, 1.807) is 31.2 Å². The van der Waals surface area contributed by atoms with E-state index in [0.29, 0.717) is 12.8 Å². The van der Waals surface area contributed by atoms with E-state index in [2.05, 4.69) is 0 Å². The number of aliphatic hydroxyl groups is 1. The van der Waals surface area contributed by atoms with Crippen LogP contribution in [0.1, 0.15) is 51.7 Å². The molecular formula is C24H29NO8. The maximum Gasteiger partial charge on any atom is 0.417 e. The van der Waals surface area contributed by atoms with Crippen LogP contribution in [0.25, 0.3) is 0 Å². The number of unbranched alkanes of at least 4 members (excludes halogenated alkanes) is 1. The van der Waals surface area contributed by atoms with Crippen LogP contribution in [0.15, 0.2) is 42.5 Å². The van der Waals surface area contributed by atoms with E-state index in [0.717, 1.165) is 29.5 Å². The van der Waals surface area contributed by atoms with Gasteiger partial charge in [-0.25, -0.2) is 9.69 Å². The fourth-order valence-corrected chi connectivity index (χ4v) is 3.54. The number of ether oxygens (including phenoxy) is 2. The van der Waals surface area contributed by atoms with Gasteiger partial charge in [-0.3, -0.25) is 19.2 Å². The second-order valence-electron chi connectivity index (χ2n) is 7.87. The molecule has 0 saturated carbocycles. The van der Waals surface area contributed by atoms with Gasteiger partial charge in [-0.05, 0) is 44.4 Å². The van der Waals surface area contributed by atoms with E-state index in [1.165, 1.54) is 6.92 Å². The highest BCUT2D eigenvalue weighted by molar-refractivity contribution is 6.04. The standard InChI is InChI=1S/C24H29NO8/c1-15(21(32-17(3)27)20(29)13-12-19(28)11-7-8-14-26)23(30)25-16(2)22(33-24(25)31)18-9-5-4-6-10-18/h4-6,9-10,12-13,15-16,21-22,26H,7-8,11,14H2,1-3H3/t15-,16-,21-,22-/m0/s1. The fraction of sp³-hybridized carbons (Fsp3) is 0.458. The molecule has 178 valence electrons. The molecule has 1 N–H and O–H groups in total. The van der Waals surface area contributed by atoms with Crippen LogP contribution in [0.4, 0.5) is 4.79 Å². The quantitative estimate of drug-likeness (QED) is 0.304. The third-order valence-electron chi connectivity index (χ3n) is 5.32. The molecule has 1 saturated heterocycles. The van der Waals surface area contributed by atoms with E-state index < -0.39 is 47.9 Å². The van der Waals surface area contributed by atoms with Crippen molar-refractivity contribution < 1.29 is 38.6 Å². The first-order chi connectivity index (χ1) is 15.7. The number of hydrogen-bond donors (Lipinski definition) is 1. The van der Waals surface area contributed by atoms with Gasteiger partial charge in [0.1, 0.15) is 6.10 Å². The van der Waals surface area contributed by atoms with E-state index in [1.807, 2.05) is 6.07 Å². The molecule has 0 aromatic heterocycles. The van der Waals surface area contributed by atoms with Crippen molar-refractivity contribution in [3.63, 3.8) is 0 Å². The minimum absolute atomic E-state index is 0.0352. The summed E-state index contributed by atoms with van der Waals surface area (Å²) in [4.78, 5) is 62.7. The van der Waals surface area contributed by atoms with Crippen molar-refractivity contribution >= 4 is 29.5 Å². The first kappa shape index (κ1) is 25.9. The fourth-order valence-electron chi connectivity index (χ4n) is 3.54. The van der Waals surface area contributed by atoms with Crippen LogP contribution in [0.5, 0.6) is 0 Å². The van der Waals surface area contributed by atoms with Gasteiger partial charge >= 0.3 is 12.1 Å². The lowest BCUT2D eigenvalue weighted by Crippen LogP contribution is -2.47. The third kappa shape index (κ3) is 6.82. The van der Waals surface area contributed by atoms with Crippen LogP contribution >= 0.6 is 0 Å². The van der Waals surface area contributed by atoms with Crippen LogP contribution in [0.2, 0.25) is 0 Å². The molecule has 9 nitrogen and oxygen atoms in total. The number of hydrogen-bond acceptors (Lipinski definition) is 8. The molecule has 0 radical (unpaired) electrons. The molecule has 1 aromatic rings. The maximum absolute atomic E-state index is 13.1. The highest BCUT2D eigenvalue weighted by Gasteiger charge is 2.47. The van der Waals surface area contributed by atoms with Crippen LogP contribution in [0.3, 0.4) is 0 Å². The number of esters is 1. The monoisotopic (exact) mass is 459 g/mol. The summed E-state index contributed by atoms with van der Waals surface area (Å²) < 4.78 is 10.5. The van der Waals surface area contributed by atoms with Crippen molar-refractivity contribution in [2.45, 2.75) is 58.3 Å². The molecule has 2 rings (SSSR count). The number of amides is 2. The minimum atomic E-state index is -1.51. The van der Waals surface area contributed by atoms with Gasteiger partial charge in [0.2, 0.25) is 5.91 Å². The number of imide groups is 1. The average molecular weight is 459 g/mol. The second-order valence-corrected chi connectivity index (χ2v) is 7.87. The molecule has 1 aliphatic rings. The normalized spacial score (nSPS) is 19.8. The summed E-state index contributed by atoms with van der Waals surface area (Å²) in [5.74, 6) is -3.79. The molecule has 1 fully saturated rings. The molecule has 1 aliphatic heterocycles. The highest BCUT2D eigenvalue weighted by Crippen LogP contribution is 2.33.